The van der Waals surface area contributed by atoms with Gasteiger partial charge in [0.2, 0.25) is 5.95 Å². The maximum atomic E-state index is 6.10. The lowest BCUT2D eigenvalue weighted by atomic mass is 10.3. The molecule has 0 atom stereocenters. The maximum absolute atomic E-state index is 6.10. The number of benzene rings is 1. The highest BCUT2D eigenvalue weighted by molar-refractivity contribution is 6.32. The van der Waals surface area contributed by atoms with Crippen molar-refractivity contribution < 1.29 is 4.74 Å². The van der Waals surface area contributed by atoms with Crippen LogP contribution in [0.3, 0.4) is 0 Å². The Hall–Kier alpha value is -2.01. The van der Waals surface area contributed by atoms with Gasteiger partial charge in [-0.3, -0.25) is 0 Å². The minimum atomic E-state index is 0.466. The Kier molecular flexibility index (Phi) is 5.01. The Labute approximate surface area is 123 Å². The Bertz CT molecular complexity index is 577. The third kappa shape index (κ3) is 3.74. The van der Waals surface area contributed by atoms with Gasteiger partial charge >= 0.3 is 0 Å². The highest BCUT2D eigenvalue weighted by atomic mass is 35.5. The van der Waals surface area contributed by atoms with Crippen LogP contribution >= 0.6 is 11.6 Å². The fourth-order valence-corrected chi connectivity index (χ4v) is 1.80. The van der Waals surface area contributed by atoms with Crippen LogP contribution in [0.15, 0.2) is 30.5 Å². The second kappa shape index (κ2) is 6.96. The van der Waals surface area contributed by atoms with Crippen molar-refractivity contribution in [3.05, 3.63) is 35.5 Å². The van der Waals surface area contributed by atoms with E-state index < -0.39 is 0 Å². The number of hydrogen-bond acceptors (Lipinski definition) is 5. The van der Waals surface area contributed by atoms with Crippen molar-refractivity contribution in [1.29, 1.82) is 0 Å². The molecule has 0 bridgehead atoms. The zero-order chi connectivity index (χ0) is 14.4. The quantitative estimate of drug-likeness (QED) is 0.850. The maximum Gasteiger partial charge on any atom is 0.224 e. The molecule has 0 radical (unpaired) electrons. The third-order valence-electron chi connectivity index (χ3n) is 2.49. The van der Waals surface area contributed by atoms with Crippen molar-refractivity contribution in [1.82, 2.24) is 9.97 Å². The minimum Gasteiger partial charge on any atom is -0.494 e. The summed E-state index contributed by atoms with van der Waals surface area (Å²) < 4.78 is 5.46. The summed E-state index contributed by atoms with van der Waals surface area (Å²) in [4.78, 5) is 8.43. The van der Waals surface area contributed by atoms with E-state index in [1.165, 1.54) is 0 Å². The van der Waals surface area contributed by atoms with Gasteiger partial charge in [0.25, 0.3) is 0 Å². The molecule has 0 unspecified atom stereocenters. The van der Waals surface area contributed by atoms with Gasteiger partial charge in [0.15, 0.2) is 5.82 Å². The van der Waals surface area contributed by atoms with Crippen LogP contribution in [0.4, 0.5) is 17.5 Å². The molecule has 6 heteroatoms. The number of halogens is 1. The molecule has 2 N–H and O–H groups in total. The second-order valence-corrected chi connectivity index (χ2v) is 4.41. The van der Waals surface area contributed by atoms with Crippen molar-refractivity contribution in [2.45, 2.75) is 13.8 Å². The number of anilines is 3. The fraction of sp³-hybridized carbons (Fsp3) is 0.286. The van der Waals surface area contributed by atoms with Gasteiger partial charge in [-0.05, 0) is 26.0 Å². The lowest BCUT2D eigenvalue weighted by Crippen LogP contribution is -2.04. The molecule has 0 spiro atoms. The Morgan fingerprint density at radius 2 is 2.15 bits per heavy atom. The summed E-state index contributed by atoms with van der Waals surface area (Å²) in [5.74, 6) is 1.90. The molecule has 0 aliphatic rings. The first-order chi connectivity index (χ1) is 9.72. The second-order valence-electron chi connectivity index (χ2n) is 4.01. The Balaban J connectivity index is 2.20. The summed E-state index contributed by atoms with van der Waals surface area (Å²) in [5.41, 5.74) is 0.860. The van der Waals surface area contributed by atoms with Crippen LogP contribution in [-0.4, -0.2) is 23.1 Å². The lowest BCUT2D eigenvalue weighted by Gasteiger charge is -2.10. The molecule has 1 aromatic carbocycles. The molecule has 0 amide bonds. The zero-order valence-electron chi connectivity index (χ0n) is 11.5. The van der Waals surface area contributed by atoms with E-state index >= 15 is 0 Å². The smallest absolute Gasteiger partial charge is 0.224 e. The predicted molar refractivity (Wildman–Crippen MR) is 82.1 cm³/mol. The third-order valence-corrected chi connectivity index (χ3v) is 2.76. The van der Waals surface area contributed by atoms with Crippen LogP contribution in [0, 0.1) is 0 Å². The van der Waals surface area contributed by atoms with Crippen LogP contribution in [0.2, 0.25) is 5.02 Å². The van der Waals surface area contributed by atoms with Crippen LogP contribution in [0.1, 0.15) is 13.8 Å². The van der Waals surface area contributed by atoms with Gasteiger partial charge in [-0.25, -0.2) is 4.98 Å². The lowest BCUT2D eigenvalue weighted by molar-refractivity contribution is 0.340. The predicted octanol–water partition coefficient (Wildman–Crippen LogP) is 3.70. The van der Waals surface area contributed by atoms with Gasteiger partial charge in [0, 0.05) is 18.3 Å². The van der Waals surface area contributed by atoms with Crippen LogP contribution < -0.4 is 15.4 Å². The monoisotopic (exact) mass is 292 g/mol. The Morgan fingerprint density at radius 1 is 1.30 bits per heavy atom. The summed E-state index contributed by atoms with van der Waals surface area (Å²) in [6.07, 6.45) is 1.57. The molecule has 0 fully saturated rings. The highest BCUT2D eigenvalue weighted by Crippen LogP contribution is 2.25. The number of nitrogens with zero attached hydrogens (tertiary/aromatic N) is 2. The number of rotatable bonds is 6. The summed E-state index contributed by atoms with van der Waals surface area (Å²) in [6, 6.07) is 7.64. The summed E-state index contributed by atoms with van der Waals surface area (Å²) in [5, 5.41) is 6.68. The molecule has 1 aromatic heterocycles. The number of nitrogens with one attached hydrogen (secondary N) is 2. The molecule has 1 heterocycles. The highest BCUT2D eigenvalue weighted by Gasteiger charge is 2.06. The molecular formula is C14H17ClN4O. The van der Waals surface area contributed by atoms with E-state index in [1.807, 2.05) is 38.1 Å². The van der Waals surface area contributed by atoms with Crippen LogP contribution in [0.5, 0.6) is 5.75 Å². The first kappa shape index (κ1) is 14.4. The molecule has 0 aliphatic heterocycles. The van der Waals surface area contributed by atoms with Gasteiger partial charge in [-0.1, -0.05) is 17.7 Å². The number of ether oxygens (including phenoxy) is 1. The van der Waals surface area contributed by atoms with Gasteiger partial charge in [0.1, 0.15) is 10.8 Å². The van der Waals surface area contributed by atoms with Crippen LogP contribution in [-0.2, 0) is 0 Å². The SMILES string of the molecule is CCNc1ncc(Cl)c(Nc2cccc(OCC)c2)n1. The van der Waals surface area contributed by atoms with Gasteiger partial charge in [-0.2, -0.15) is 4.98 Å². The van der Waals surface area contributed by atoms with Crippen molar-refractivity contribution in [3.63, 3.8) is 0 Å². The first-order valence-corrected chi connectivity index (χ1v) is 6.87. The van der Waals surface area contributed by atoms with E-state index in [0.717, 1.165) is 18.0 Å². The summed E-state index contributed by atoms with van der Waals surface area (Å²) >= 11 is 6.10. The summed E-state index contributed by atoms with van der Waals surface area (Å²) in [7, 11) is 0. The topological polar surface area (TPSA) is 59.1 Å². The molecular weight excluding hydrogens is 276 g/mol. The van der Waals surface area contributed by atoms with E-state index in [9.17, 15) is 0 Å². The molecule has 2 rings (SSSR count). The Morgan fingerprint density at radius 3 is 2.90 bits per heavy atom. The molecule has 5 nitrogen and oxygen atoms in total. The molecule has 0 aliphatic carbocycles. The first-order valence-electron chi connectivity index (χ1n) is 6.49. The molecule has 0 saturated carbocycles. The van der Waals surface area contributed by atoms with E-state index in [-0.39, 0.29) is 0 Å². The van der Waals surface area contributed by atoms with Crippen molar-refractivity contribution >= 4 is 29.1 Å². The molecule has 106 valence electrons. The zero-order valence-corrected chi connectivity index (χ0v) is 12.2. The standard InChI is InChI=1S/C14H17ClN4O/c1-3-16-14-17-9-12(15)13(19-14)18-10-6-5-7-11(8-10)20-4-2/h5-9H,3-4H2,1-2H3,(H2,16,17,18,19). The summed E-state index contributed by atoms with van der Waals surface area (Å²) in [6.45, 7) is 5.31. The minimum absolute atomic E-state index is 0.466. The van der Waals surface area contributed by atoms with Crippen LogP contribution in [0.25, 0.3) is 0 Å². The number of hydrogen-bond donors (Lipinski definition) is 2. The van der Waals surface area contributed by atoms with Gasteiger partial charge < -0.3 is 15.4 Å². The fourth-order valence-electron chi connectivity index (χ4n) is 1.67. The van der Waals surface area contributed by atoms with E-state index in [1.54, 1.807) is 6.20 Å². The molecule has 2 aromatic rings. The van der Waals surface area contributed by atoms with Crippen molar-refractivity contribution in [3.8, 4) is 5.75 Å². The number of aromatic nitrogens is 2. The molecule has 0 saturated heterocycles. The van der Waals surface area contributed by atoms with E-state index in [4.69, 9.17) is 16.3 Å². The largest absolute Gasteiger partial charge is 0.494 e. The normalized spacial score (nSPS) is 10.2. The van der Waals surface area contributed by atoms with Crippen molar-refractivity contribution in [2.75, 3.05) is 23.8 Å². The molecule has 20 heavy (non-hydrogen) atoms. The van der Waals surface area contributed by atoms with E-state index in [2.05, 4.69) is 20.6 Å². The average Bonchev–Trinajstić information content (AvgIpc) is 2.44. The van der Waals surface area contributed by atoms with E-state index in [0.29, 0.717) is 23.4 Å². The van der Waals surface area contributed by atoms with Crippen molar-refractivity contribution in [2.24, 2.45) is 0 Å². The van der Waals surface area contributed by atoms with Gasteiger partial charge in [0.05, 0.1) is 12.8 Å². The van der Waals surface area contributed by atoms with Gasteiger partial charge in [-0.15, -0.1) is 0 Å². The average molecular weight is 293 g/mol.